The fourth-order valence-electron chi connectivity index (χ4n) is 1.96. The van der Waals surface area contributed by atoms with Gasteiger partial charge in [0.15, 0.2) is 11.5 Å². The van der Waals surface area contributed by atoms with Crippen LogP contribution in [0.5, 0.6) is 11.5 Å². The standard InChI is InChI=1S/C14H17BrN2O2/c1-2-3-4-5-17-12(8-16)10-6-11(15)14-13(7-10)18-9-19-14/h6-7,12,17H,4-5,8-9,16H2,1H3. The summed E-state index contributed by atoms with van der Waals surface area (Å²) in [5.74, 6) is 7.42. The minimum atomic E-state index is 0.0875. The number of rotatable bonds is 5. The van der Waals surface area contributed by atoms with E-state index in [1.54, 1.807) is 0 Å². The second-order valence-electron chi connectivity index (χ2n) is 4.16. The van der Waals surface area contributed by atoms with Gasteiger partial charge in [0.25, 0.3) is 0 Å². The lowest BCUT2D eigenvalue weighted by molar-refractivity contribution is 0.173. The van der Waals surface area contributed by atoms with Gasteiger partial charge >= 0.3 is 0 Å². The smallest absolute Gasteiger partial charge is 0.231 e. The fraction of sp³-hybridized carbons (Fsp3) is 0.429. The van der Waals surface area contributed by atoms with Gasteiger partial charge < -0.3 is 20.5 Å². The van der Waals surface area contributed by atoms with Crippen LogP contribution in [-0.2, 0) is 0 Å². The van der Waals surface area contributed by atoms with Crippen molar-refractivity contribution in [3.63, 3.8) is 0 Å². The average molecular weight is 325 g/mol. The summed E-state index contributed by atoms with van der Waals surface area (Å²) in [6, 6.07) is 4.08. The van der Waals surface area contributed by atoms with E-state index in [9.17, 15) is 0 Å². The molecule has 5 heteroatoms. The molecule has 0 aromatic heterocycles. The van der Waals surface area contributed by atoms with Gasteiger partial charge in [-0.2, -0.15) is 0 Å². The molecule has 0 spiro atoms. The van der Waals surface area contributed by atoms with Crippen LogP contribution in [0.2, 0.25) is 0 Å². The van der Waals surface area contributed by atoms with E-state index in [4.69, 9.17) is 15.2 Å². The Balaban J connectivity index is 2.09. The topological polar surface area (TPSA) is 56.5 Å². The molecule has 0 aliphatic carbocycles. The summed E-state index contributed by atoms with van der Waals surface area (Å²) in [5.41, 5.74) is 6.92. The molecule has 2 rings (SSSR count). The number of ether oxygens (including phenoxy) is 2. The molecule has 0 radical (unpaired) electrons. The van der Waals surface area contributed by atoms with Gasteiger partial charge in [0.1, 0.15) is 0 Å². The first-order chi connectivity index (χ1) is 9.26. The van der Waals surface area contributed by atoms with Crippen molar-refractivity contribution in [2.45, 2.75) is 19.4 Å². The Bertz CT molecular complexity index is 508. The molecule has 1 aliphatic rings. The van der Waals surface area contributed by atoms with Gasteiger partial charge in [-0.1, -0.05) is 0 Å². The number of hydrogen-bond acceptors (Lipinski definition) is 4. The summed E-state index contributed by atoms with van der Waals surface area (Å²) < 4.78 is 11.7. The van der Waals surface area contributed by atoms with Crippen LogP contribution in [0.4, 0.5) is 0 Å². The summed E-state index contributed by atoms with van der Waals surface area (Å²) in [4.78, 5) is 0. The molecule has 1 aromatic rings. The summed E-state index contributed by atoms with van der Waals surface area (Å²) in [6.45, 7) is 3.44. The van der Waals surface area contributed by atoms with Gasteiger partial charge in [-0.25, -0.2) is 0 Å². The maximum Gasteiger partial charge on any atom is 0.231 e. The zero-order valence-electron chi connectivity index (χ0n) is 10.8. The van der Waals surface area contributed by atoms with E-state index in [1.165, 1.54) is 0 Å². The lowest BCUT2D eigenvalue weighted by Gasteiger charge is -2.17. The van der Waals surface area contributed by atoms with Crippen LogP contribution in [0.25, 0.3) is 0 Å². The largest absolute Gasteiger partial charge is 0.454 e. The Kier molecular flexibility index (Phi) is 5.08. The Labute approximate surface area is 121 Å². The van der Waals surface area contributed by atoms with E-state index in [-0.39, 0.29) is 12.8 Å². The molecule has 3 N–H and O–H groups in total. The molecule has 1 aromatic carbocycles. The number of hydrogen-bond donors (Lipinski definition) is 2. The van der Waals surface area contributed by atoms with Crippen LogP contribution in [0, 0.1) is 11.8 Å². The second-order valence-corrected chi connectivity index (χ2v) is 5.01. The first kappa shape index (κ1) is 14.2. The van der Waals surface area contributed by atoms with Crippen molar-refractivity contribution in [1.29, 1.82) is 0 Å². The highest BCUT2D eigenvalue weighted by Gasteiger charge is 2.20. The number of nitrogens with one attached hydrogen (secondary N) is 1. The summed E-state index contributed by atoms with van der Waals surface area (Å²) in [7, 11) is 0. The molecule has 0 amide bonds. The first-order valence-corrected chi connectivity index (χ1v) is 6.97. The van der Waals surface area contributed by atoms with Gasteiger partial charge in [0.2, 0.25) is 6.79 Å². The Hall–Kier alpha value is -1.22. The van der Waals surface area contributed by atoms with Gasteiger partial charge in [0, 0.05) is 25.6 Å². The molecule has 102 valence electrons. The molecule has 0 saturated heterocycles. The minimum absolute atomic E-state index is 0.0875. The Morgan fingerprint density at radius 3 is 3.05 bits per heavy atom. The first-order valence-electron chi connectivity index (χ1n) is 6.18. The van der Waals surface area contributed by atoms with E-state index in [0.717, 1.165) is 34.5 Å². The number of benzene rings is 1. The lowest BCUT2D eigenvalue weighted by Crippen LogP contribution is -2.28. The zero-order valence-corrected chi connectivity index (χ0v) is 12.4. The molecule has 0 bridgehead atoms. The maximum atomic E-state index is 5.83. The molecule has 1 unspecified atom stereocenters. The van der Waals surface area contributed by atoms with Crippen molar-refractivity contribution >= 4 is 15.9 Å². The average Bonchev–Trinajstić information content (AvgIpc) is 2.88. The van der Waals surface area contributed by atoms with Gasteiger partial charge in [-0.05, 0) is 40.5 Å². The monoisotopic (exact) mass is 324 g/mol. The van der Waals surface area contributed by atoms with E-state index in [1.807, 2.05) is 19.1 Å². The normalized spacial score (nSPS) is 13.8. The third-order valence-electron chi connectivity index (χ3n) is 2.91. The van der Waals surface area contributed by atoms with Crippen LogP contribution in [-0.4, -0.2) is 19.9 Å². The van der Waals surface area contributed by atoms with E-state index >= 15 is 0 Å². The predicted octanol–water partition coefficient (Wildman–Crippen LogP) is 2.18. The molecule has 19 heavy (non-hydrogen) atoms. The number of nitrogens with two attached hydrogens (primary N) is 1. The SMILES string of the molecule is CC#CCCNC(CN)c1cc(Br)c2c(c1)OCO2. The van der Waals surface area contributed by atoms with Crippen molar-refractivity contribution in [2.24, 2.45) is 5.73 Å². The summed E-state index contributed by atoms with van der Waals surface area (Å²) in [6.07, 6.45) is 0.818. The molecule has 4 nitrogen and oxygen atoms in total. The zero-order chi connectivity index (χ0) is 13.7. The molecule has 1 atom stereocenters. The van der Waals surface area contributed by atoms with Gasteiger partial charge in [-0.3, -0.25) is 0 Å². The van der Waals surface area contributed by atoms with E-state index < -0.39 is 0 Å². The van der Waals surface area contributed by atoms with Crippen molar-refractivity contribution in [3.8, 4) is 23.3 Å². The second kappa shape index (κ2) is 6.80. The van der Waals surface area contributed by atoms with Crippen LogP contribution in [0.1, 0.15) is 24.9 Å². The predicted molar refractivity (Wildman–Crippen MR) is 78.1 cm³/mol. The van der Waals surface area contributed by atoms with E-state index in [2.05, 4.69) is 33.1 Å². The quantitative estimate of drug-likeness (QED) is 0.644. The fourth-order valence-corrected chi connectivity index (χ4v) is 2.53. The van der Waals surface area contributed by atoms with Crippen molar-refractivity contribution in [1.82, 2.24) is 5.32 Å². The lowest BCUT2D eigenvalue weighted by atomic mass is 10.1. The number of halogens is 1. The van der Waals surface area contributed by atoms with Crippen LogP contribution in [0.15, 0.2) is 16.6 Å². The van der Waals surface area contributed by atoms with Gasteiger partial charge in [-0.15, -0.1) is 11.8 Å². The maximum absolute atomic E-state index is 5.83. The summed E-state index contributed by atoms with van der Waals surface area (Å²) in [5, 5.41) is 3.39. The minimum Gasteiger partial charge on any atom is -0.454 e. The third kappa shape index (κ3) is 3.41. The molecule has 0 saturated carbocycles. The van der Waals surface area contributed by atoms with Crippen molar-refractivity contribution < 1.29 is 9.47 Å². The molecular weight excluding hydrogens is 308 g/mol. The molecule has 0 fully saturated rings. The van der Waals surface area contributed by atoms with Crippen LogP contribution in [0.3, 0.4) is 0 Å². The highest BCUT2D eigenvalue weighted by molar-refractivity contribution is 9.10. The highest BCUT2D eigenvalue weighted by atomic mass is 79.9. The summed E-state index contributed by atoms with van der Waals surface area (Å²) >= 11 is 3.49. The molecular formula is C14H17BrN2O2. The Morgan fingerprint density at radius 2 is 2.32 bits per heavy atom. The number of fused-ring (bicyclic) bond motifs is 1. The molecule has 1 heterocycles. The van der Waals surface area contributed by atoms with Crippen LogP contribution >= 0.6 is 15.9 Å². The van der Waals surface area contributed by atoms with Crippen molar-refractivity contribution in [3.05, 3.63) is 22.2 Å². The highest BCUT2D eigenvalue weighted by Crippen LogP contribution is 2.41. The van der Waals surface area contributed by atoms with Crippen molar-refractivity contribution in [2.75, 3.05) is 19.9 Å². The van der Waals surface area contributed by atoms with Gasteiger partial charge in [0.05, 0.1) is 4.47 Å². The van der Waals surface area contributed by atoms with E-state index in [0.29, 0.717) is 6.54 Å². The third-order valence-corrected chi connectivity index (χ3v) is 3.49. The Morgan fingerprint density at radius 1 is 1.47 bits per heavy atom. The van der Waals surface area contributed by atoms with Crippen LogP contribution < -0.4 is 20.5 Å². The molecule has 1 aliphatic heterocycles.